The van der Waals surface area contributed by atoms with Gasteiger partial charge in [-0.15, -0.1) is 0 Å². The van der Waals surface area contributed by atoms with Gasteiger partial charge in [-0.1, -0.05) is 19.1 Å². The standard InChI is InChI=1S/C25H31N3O3/c1-4-13-30-20-11-12-21-22(14-20)28(16(2)3)24(23(21)26)18-7-9-19(10-8-18)27-25(29)31-15-17-5-6-17/h7-12,14,16-17H,4-6,13,15,26H2,1-3H3,(H,27,29). The summed E-state index contributed by atoms with van der Waals surface area (Å²) in [6, 6.07) is 14.0. The van der Waals surface area contributed by atoms with Gasteiger partial charge in [0, 0.05) is 28.7 Å². The van der Waals surface area contributed by atoms with E-state index in [2.05, 4.69) is 36.7 Å². The van der Waals surface area contributed by atoms with Gasteiger partial charge < -0.3 is 19.8 Å². The summed E-state index contributed by atoms with van der Waals surface area (Å²) < 4.78 is 13.3. The van der Waals surface area contributed by atoms with Crippen molar-refractivity contribution in [3.63, 3.8) is 0 Å². The number of nitrogens with one attached hydrogen (secondary N) is 1. The van der Waals surface area contributed by atoms with Gasteiger partial charge in [-0.05, 0) is 63.3 Å². The second kappa shape index (κ2) is 8.92. The summed E-state index contributed by atoms with van der Waals surface area (Å²) in [5.74, 6) is 1.39. The van der Waals surface area contributed by atoms with Crippen LogP contribution in [0, 0.1) is 5.92 Å². The highest BCUT2D eigenvalue weighted by molar-refractivity contribution is 6.01. The molecule has 0 bridgehead atoms. The minimum atomic E-state index is -0.407. The third-order valence-electron chi connectivity index (χ3n) is 5.56. The van der Waals surface area contributed by atoms with Crippen LogP contribution in [-0.2, 0) is 4.74 Å². The number of hydrogen-bond acceptors (Lipinski definition) is 4. The van der Waals surface area contributed by atoms with Gasteiger partial charge in [0.25, 0.3) is 0 Å². The van der Waals surface area contributed by atoms with E-state index in [1.165, 1.54) is 0 Å². The predicted octanol–water partition coefficient (Wildman–Crippen LogP) is 6.22. The fourth-order valence-electron chi connectivity index (χ4n) is 3.80. The number of nitrogens with two attached hydrogens (primary N) is 1. The fraction of sp³-hybridized carbons (Fsp3) is 0.400. The molecule has 3 aromatic rings. The van der Waals surface area contributed by atoms with Crippen molar-refractivity contribution in [2.45, 2.75) is 46.1 Å². The topological polar surface area (TPSA) is 78.5 Å². The lowest BCUT2D eigenvalue weighted by Gasteiger charge is -2.16. The Bertz CT molecular complexity index is 1070. The van der Waals surface area contributed by atoms with Crippen LogP contribution in [-0.4, -0.2) is 23.9 Å². The van der Waals surface area contributed by atoms with Gasteiger partial charge in [0.2, 0.25) is 0 Å². The molecule has 2 aromatic carbocycles. The molecule has 0 radical (unpaired) electrons. The molecule has 6 heteroatoms. The zero-order valence-corrected chi connectivity index (χ0v) is 18.5. The van der Waals surface area contributed by atoms with Crippen molar-refractivity contribution >= 4 is 28.4 Å². The zero-order chi connectivity index (χ0) is 22.0. The number of carbonyl (C=O) groups is 1. The van der Waals surface area contributed by atoms with Crippen LogP contribution in [0.25, 0.3) is 22.2 Å². The largest absolute Gasteiger partial charge is 0.494 e. The molecule has 31 heavy (non-hydrogen) atoms. The number of nitrogens with zero attached hydrogens (tertiary/aromatic N) is 1. The molecular weight excluding hydrogens is 390 g/mol. The zero-order valence-electron chi connectivity index (χ0n) is 18.5. The van der Waals surface area contributed by atoms with E-state index in [1.54, 1.807) is 0 Å². The second-order valence-electron chi connectivity index (χ2n) is 8.50. The molecule has 1 fully saturated rings. The van der Waals surface area contributed by atoms with Crippen LogP contribution in [0.15, 0.2) is 42.5 Å². The molecule has 1 saturated carbocycles. The van der Waals surface area contributed by atoms with E-state index in [1.807, 2.05) is 36.4 Å². The van der Waals surface area contributed by atoms with Crippen molar-refractivity contribution < 1.29 is 14.3 Å². The predicted molar refractivity (Wildman–Crippen MR) is 126 cm³/mol. The Morgan fingerprint density at radius 3 is 2.58 bits per heavy atom. The summed E-state index contributed by atoms with van der Waals surface area (Å²) in [7, 11) is 0. The summed E-state index contributed by atoms with van der Waals surface area (Å²) in [6.45, 7) is 7.57. The van der Waals surface area contributed by atoms with Crippen LogP contribution in [0.3, 0.4) is 0 Å². The Labute approximate surface area is 183 Å². The van der Waals surface area contributed by atoms with Crippen molar-refractivity contribution in [1.29, 1.82) is 0 Å². The molecule has 3 N–H and O–H groups in total. The monoisotopic (exact) mass is 421 g/mol. The molecule has 1 aliphatic rings. The SMILES string of the molecule is CCCOc1ccc2c(N)c(-c3ccc(NC(=O)OCC4CC4)cc3)n(C(C)C)c2c1. The number of nitrogen functional groups attached to an aromatic ring is 1. The van der Waals surface area contributed by atoms with Crippen LogP contribution >= 0.6 is 0 Å². The molecule has 1 aromatic heterocycles. The Morgan fingerprint density at radius 2 is 1.94 bits per heavy atom. The lowest BCUT2D eigenvalue weighted by atomic mass is 10.1. The first-order valence-electron chi connectivity index (χ1n) is 11.1. The van der Waals surface area contributed by atoms with E-state index in [4.69, 9.17) is 15.2 Å². The third-order valence-corrected chi connectivity index (χ3v) is 5.56. The Balaban J connectivity index is 1.62. The smallest absolute Gasteiger partial charge is 0.411 e. The maximum atomic E-state index is 12.0. The minimum absolute atomic E-state index is 0.214. The van der Waals surface area contributed by atoms with E-state index >= 15 is 0 Å². The normalized spacial score (nSPS) is 13.5. The van der Waals surface area contributed by atoms with Gasteiger partial charge in [-0.2, -0.15) is 0 Å². The third kappa shape index (κ3) is 4.63. The molecule has 0 aliphatic heterocycles. The number of fused-ring (bicyclic) bond motifs is 1. The van der Waals surface area contributed by atoms with Gasteiger partial charge in [-0.25, -0.2) is 4.79 Å². The summed E-state index contributed by atoms with van der Waals surface area (Å²) in [6.07, 6.45) is 2.86. The first-order chi connectivity index (χ1) is 15.0. The number of amides is 1. The molecule has 0 saturated heterocycles. The Morgan fingerprint density at radius 1 is 1.19 bits per heavy atom. The number of carbonyl (C=O) groups excluding carboxylic acids is 1. The van der Waals surface area contributed by atoms with Crippen LogP contribution in [0.1, 0.15) is 46.1 Å². The van der Waals surface area contributed by atoms with Crippen molar-refractivity contribution in [2.75, 3.05) is 24.3 Å². The maximum Gasteiger partial charge on any atom is 0.411 e. The molecule has 164 valence electrons. The summed E-state index contributed by atoms with van der Waals surface area (Å²) in [5, 5.41) is 3.81. The molecule has 4 rings (SSSR count). The summed E-state index contributed by atoms with van der Waals surface area (Å²) in [5.41, 5.74) is 11.1. The van der Waals surface area contributed by atoms with Gasteiger partial charge >= 0.3 is 6.09 Å². The number of rotatable bonds is 8. The highest BCUT2D eigenvalue weighted by Crippen LogP contribution is 2.40. The van der Waals surface area contributed by atoms with E-state index in [9.17, 15) is 4.79 Å². The van der Waals surface area contributed by atoms with E-state index < -0.39 is 6.09 Å². The molecule has 1 aliphatic carbocycles. The summed E-state index contributed by atoms with van der Waals surface area (Å²) >= 11 is 0. The molecule has 0 atom stereocenters. The number of benzene rings is 2. The van der Waals surface area contributed by atoms with Crippen LogP contribution < -0.4 is 15.8 Å². The quantitative estimate of drug-likeness (QED) is 0.453. The highest BCUT2D eigenvalue weighted by Gasteiger charge is 2.23. The minimum Gasteiger partial charge on any atom is -0.494 e. The number of anilines is 2. The number of ether oxygens (including phenoxy) is 2. The van der Waals surface area contributed by atoms with Gasteiger partial charge in [0.05, 0.1) is 30.1 Å². The van der Waals surface area contributed by atoms with E-state index in [-0.39, 0.29) is 6.04 Å². The van der Waals surface area contributed by atoms with Crippen molar-refractivity contribution in [3.05, 3.63) is 42.5 Å². The first kappa shape index (κ1) is 21.1. The molecular formula is C25H31N3O3. The van der Waals surface area contributed by atoms with Crippen molar-refractivity contribution in [1.82, 2.24) is 4.57 Å². The van der Waals surface area contributed by atoms with Crippen molar-refractivity contribution in [2.24, 2.45) is 5.92 Å². The lowest BCUT2D eigenvalue weighted by molar-refractivity contribution is 0.156. The van der Waals surface area contributed by atoms with Crippen LogP contribution in [0.5, 0.6) is 5.75 Å². The van der Waals surface area contributed by atoms with Gasteiger partial charge in [-0.3, -0.25) is 5.32 Å². The first-order valence-corrected chi connectivity index (χ1v) is 11.1. The lowest BCUT2D eigenvalue weighted by Crippen LogP contribution is -2.15. The van der Waals surface area contributed by atoms with E-state index in [0.29, 0.717) is 24.8 Å². The Hall–Kier alpha value is -3.15. The van der Waals surface area contributed by atoms with Gasteiger partial charge in [0.1, 0.15) is 5.75 Å². The van der Waals surface area contributed by atoms with E-state index in [0.717, 1.165) is 52.9 Å². The second-order valence-corrected chi connectivity index (χ2v) is 8.50. The average molecular weight is 422 g/mol. The van der Waals surface area contributed by atoms with Gasteiger partial charge in [0.15, 0.2) is 0 Å². The Kier molecular flexibility index (Phi) is 6.07. The highest BCUT2D eigenvalue weighted by atomic mass is 16.5. The molecule has 1 amide bonds. The summed E-state index contributed by atoms with van der Waals surface area (Å²) in [4.78, 5) is 12.0. The average Bonchev–Trinajstić information content (AvgIpc) is 3.54. The van der Waals surface area contributed by atoms with Crippen molar-refractivity contribution in [3.8, 4) is 17.0 Å². The van der Waals surface area contributed by atoms with Crippen LogP contribution in [0.4, 0.5) is 16.2 Å². The molecule has 0 unspecified atom stereocenters. The fourth-order valence-corrected chi connectivity index (χ4v) is 3.80. The van der Waals surface area contributed by atoms with Crippen LogP contribution in [0.2, 0.25) is 0 Å². The number of aromatic nitrogens is 1. The molecule has 1 heterocycles. The molecule has 6 nitrogen and oxygen atoms in total. The maximum absolute atomic E-state index is 12.0. The number of hydrogen-bond donors (Lipinski definition) is 2. The molecule has 0 spiro atoms.